The maximum Gasteiger partial charge on any atom is 0.136 e. The van der Waals surface area contributed by atoms with Crippen LogP contribution >= 0.6 is 0 Å². The van der Waals surface area contributed by atoms with E-state index in [-0.39, 0.29) is 5.92 Å². The molecular formula is C15H20O2S. The lowest BCUT2D eigenvalue weighted by Crippen LogP contribution is -2.11. The van der Waals surface area contributed by atoms with Gasteiger partial charge in [0.25, 0.3) is 0 Å². The number of ketones is 1. The van der Waals surface area contributed by atoms with E-state index < -0.39 is 10.8 Å². The van der Waals surface area contributed by atoms with Crippen LogP contribution in [0.1, 0.15) is 36.8 Å². The summed E-state index contributed by atoms with van der Waals surface area (Å²) in [4.78, 5) is 11.5. The molecule has 2 atom stereocenters. The maximum atomic E-state index is 12.0. The van der Waals surface area contributed by atoms with Crippen molar-refractivity contribution in [3.05, 3.63) is 35.4 Å². The topological polar surface area (TPSA) is 34.1 Å². The van der Waals surface area contributed by atoms with Crippen molar-refractivity contribution in [1.82, 2.24) is 0 Å². The van der Waals surface area contributed by atoms with Gasteiger partial charge in [0.1, 0.15) is 5.78 Å². The second kappa shape index (κ2) is 6.28. The Morgan fingerprint density at radius 1 is 1.39 bits per heavy atom. The van der Waals surface area contributed by atoms with Gasteiger partial charge in [0.15, 0.2) is 0 Å². The first-order valence-electron chi connectivity index (χ1n) is 6.58. The molecule has 1 aliphatic rings. The summed E-state index contributed by atoms with van der Waals surface area (Å²) in [7, 11) is -0.842. The number of benzene rings is 1. The number of carbonyl (C=O) groups excluding carboxylic acids is 1. The van der Waals surface area contributed by atoms with Gasteiger partial charge < -0.3 is 0 Å². The van der Waals surface area contributed by atoms with E-state index >= 15 is 0 Å². The summed E-state index contributed by atoms with van der Waals surface area (Å²) < 4.78 is 12.0. The summed E-state index contributed by atoms with van der Waals surface area (Å²) in [6.45, 7) is 2.05. The summed E-state index contributed by atoms with van der Waals surface area (Å²) >= 11 is 0. The molecule has 3 heteroatoms. The largest absolute Gasteiger partial charge is 0.299 e. The molecule has 0 spiro atoms. The molecule has 0 N–H and O–H groups in total. The summed E-state index contributed by atoms with van der Waals surface area (Å²) in [5, 5.41) is 0. The van der Waals surface area contributed by atoms with Crippen LogP contribution in [0.3, 0.4) is 0 Å². The molecular weight excluding hydrogens is 244 g/mol. The van der Waals surface area contributed by atoms with E-state index in [9.17, 15) is 9.00 Å². The van der Waals surface area contributed by atoms with Gasteiger partial charge in [0.05, 0.1) is 0 Å². The van der Waals surface area contributed by atoms with Gasteiger partial charge in [-0.15, -0.1) is 0 Å². The molecule has 2 nitrogen and oxygen atoms in total. The van der Waals surface area contributed by atoms with Crippen LogP contribution in [-0.4, -0.2) is 15.7 Å². The van der Waals surface area contributed by atoms with E-state index in [1.165, 1.54) is 5.56 Å². The normalized spacial score (nSPS) is 21.2. The zero-order chi connectivity index (χ0) is 13.0. The molecule has 0 amide bonds. The fourth-order valence-corrected chi connectivity index (χ4v) is 3.77. The zero-order valence-electron chi connectivity index (χ0n) is 10.9. The Labute approximate surface area is 111 Å². The van der Waals surface area contributed by atoms with E-state index in [0.717, 1.165) is 31.2 Å². The number of hydrogen-bond donors (Lipinski definition) is 0. The number of Topliss-reactive ketones (excluding diaryl/α,β-unsaturated/α-hetero) is 1. The van der Waals surface area contributed by atoms with Gasteiger partial charge in [-0.2, -0.15) is 0 Å². The predicted octanol–water partition coefficient (Wildman–Crippen LogP) is 3.00. The third-order valence-electron chi connectivity index (χ3n) is 3.54. The SMILES string of the molecule is Cc1cccc(CS(=O)CCC2CCCC2=O)c1. The van der Waals surface area contributed by atoms with Crippen LogP contribution in [-0.2, 0) is 21.3 Å². The summed E-state index contributed by atoms with van der Waals surface area (Å²) in [5.74, 6) is 1.83. The van der Waals surface area contributed by atoms with E-state index in [0.29, 0.717) is 17.3 Å². The minimum absolute atomic E-state index is 0.187. The molecule has 0 aliphatic heterocycles. The van der Waals surface area contributed by atoms with Gasteiger partial charge in [-0.3, -0.25) is 9.00 Å². The summed E-state index contributed by atoms with van der Waals surface area (Å²) in [6, 6.07) is 8.15. The predicted molar refractivity (Wildman–Crippen MR) is 74.9 cm³/mol. The Morgan fingerprint density at radius 2 is 2.22 bits per heavy atom. The molecule has 1 fully saturated rings. The molecule has 0 radical (unpaired) electrons. The number of rotatable bonds is 5. The number of hydrogen-bond acceptors (Lipinski definition) is 2. The molecule has 98 valence electrons. The van der Waals surface area contributed by atoms with E-state index in [4.69, 9.17) is 0 Å². The lowest BCUT2D eigenvalue weighted by Gasteiger charge is -2.07. The van der Waals surface area contributed by atoms with Crippen LogP contribution in [0.2, 0.25) is 0 Å². The minimum atomic E-state index is -0.842. The molecule has 1 aliphatic carbocycles. The summed E-state index contributed by atoms with van der Waals surface area (Å²) in [5.41, 5.74) is 2.33. The van der Waals surface area contributed by atoms with Gasteiger partial charge in [-0.25, -0.2) is 0 Å². The quantitative estimate of drug-likeness (QED) is 0.819. The fourth-order valence-electron chi connectivity index (χ4n) is 2.53. The van der Waals surface area contributed by atoms with E-state index in [1.54, 1.807) is 0 Å². The molecule has 0 aromatic heterocycles. The Hall–Kier alpha value is -0.960. The Morgan fingerprint density at radius 3 is 2.89 bits per heavy atom. The van der Waals surface area contributed by atoms with Crippen molar-refractivity contribution in [2.24, 2.45) is 5.92 Å². The fraction of sp³-hybridized carbons (Fsp3) is 0.533. The zero-order valence-corrected chi connectivity index (χ0v) is 11.7. The van der Waals surface area contributed by atoms with Crippen LogP contribution in [0.15, 0.2) is 24.3 Å². The molecule has 1 saturated carbocycles. The first-order chi connectivity index (χ1) is 8.65. The van der Waals surface area contributed by atoms with Gasteiger partial charge in [-0.1, -0.05) is 29.8 Å². The Kier molecular flexibility index (Phi) is 4.70. The molecule has 0 bridgehead atoms. The molecule has 18 heavy (non-hydrogen) atoms. The van der Waals surface area contributed by atoms with Crippen LogP contribution in [0.5, 0.6) is 0 Å². The standard InChI is InChI=1S/C15H20O2S/c1-12-4-2-5-13(10-12)11-18(17)9-8-14-6-3-7-15(14)16/h2,4-5,10,14H,3,6-9,11H2,1H3. The smallest absolute Gasteiger partial charge is 0.136 e. The monoisotopic (exact) mass is 264 g/mol. The summed E-state index contributed by atoms with van der Waals surface area (Å²) in [6.07, 6.45) is 3.56. The van der Waals surface area contributed by atoms with Crippen molar-refractivity contribution >= 4 is 16.6 Å². The Bertz CT molecular complexity index is 454. The second-order valence-corrected chi connectivity index (χ2v) is 6.70. The van der Waals surface area contributed by atoms with E-state index in [1.807, 2.05) is 25.1 Å². The van der Waals surface area contributed by atoms with Crippen LogP contribution in [0.4, 0.5) is 0 Å². The van der Waals surface area contributed by atoms with Crippen molar-refractivity contribution in [2.45, 2.75) is 38.4 Å². The highest BCUT2D eigenvalue weighted by Gasteiger charge is 2.24. The number of aryl methyl sites for hydroxylation is 1. The third-order valence-corrected chi connectivity index (χ3v) is 4.88. The Balaban J connectivity index is 1.80. The van der Waals surface area contributed by atoms with Crippen molar-refractivity contribution in [3.63, 3.8) is 0 Å². The van der Waals surface area contributed by atoms with E-state index in [2.05, 4.69) is 6.07 Å². The van der Waals surface area contributed by atoms with Gasteiger partial charge >= 0.3 is 0 Å². The average molecular weight is 264 g/mol. The molecule has 0 saturated heterocycles. The lowest BCUT2D eigenvalue weighted by atomic mass is 10.1. The number of carbonyl (C=O) groups is 1. The van der Waals surface area contributed by atoms with Gasteiger partial charge in [0, 0.05) is 34.6 Å². The highest BCUT2D eigenvalue weighted by Crippen LogP contribution is 2.24. The first-order valence-corrected chi connectivity index (χ1v) is 8.07. The molecule has 2 rings (SSSR count). The average Bonchev–Trinajstić information content (AvgIpc) is 2.72. The molecule has 1 aromatic carbocycles. The van der Waals surface area contributed by atoms with Gasteiger partial charge in [-0.05, 0) is 31.7 Å². The van der Waals surface area contributed by atoms with Crippen molar-refractivity contribution in [2.75, 3.05) is 5.75 Å². The third kappa shape index (κ3) is 3.77. The van der Waals surface area contributed by atoms with Crippen molar-refractivity contribution in [3.8, 4) is 0 Å². The van der Waals surface area contributed by atoms with Crippen LogP contribution < -0.4 is 0 Å². The molecule has 0 heterocycles. The first kappa shape index (κ1) is 13.5. The van der Waals surface area contributed by atoms with Crippen molar-refractivity contribution < 1.29 is 9.00 Å². The van der Waals surface area contributed by atoms with Crippen LogP contribution in [0.25, 0.3) is 0 Å². The molecule has 1 aromatic rings. The minimum Gasteiger partial charge on any atom is -0.299 e. The van der Waals surface area contributed by atoms with Crippen molar-refractivity contribution in [1.29, 1.82) is 0 Å². The van der Waals surface area contributed by atoms with Crippen LogP contribution in [0, 0.1) is 12.8 Å². The highest BCUT2D eigenvalue weighted by atomic mass is 32.2. The molecule has 2 unspecified atom stereocenters. The lowest BCUT2D eigenvalue weighted by molar-refractivity contribution is -0.120. The maximum absolute atomic E-state index is 12.0. The highest BCUT2D eigenvalue weighted by molar-refractivity contribution is 7.84. The second-order valence-electron chi connectivity index (χ2n) is 5.12. The van der Waals surface area contributed by atoms with Gasteiger partial charge in [0.2, 0.25) is 0 Å².